The summed E-state index contributed by atoms with van der Waals surface area (Å²) in [5.41, 5.74) is 1.91. The van der Waals surface area contributed by atoms with E-state index in [9.17, 15) is 9.59 Å². The van der Waals surface area contributed by atoms with Crippen LogP contribution in [0.5, 0.6) is 0 Å². The van der Waals surface area contributed by atoms with Gasteiger partial charge in [0.15, 0.2) is 5.65 Å². The van der Waals surface area contributed by atoms with Gasteiger partial charge in [-0.2, -0.15) is 5.10 Å². The molecule has 2 aromatic rings. The van der Waals surface area contributed by atoms with Crippen LogP contribution in [-0.4, -0.2) is 39.5 Å². The molecule has 0 spiro atoms. The second-order valence-electron chi connectivity index (χ2n) is 5.93. The first-order chi connectivity index (χ1) is 11.2. The first-order valence-corrected chi connectivity index (χ1v) is 7.85. The standard InChI is InChI=1S/C16H17N5O2/c22-14-9-11(16(23)19-14)8-12-10-17-21-7-4-13(18-15(12)21)20-5-2-1-3-6-20/h4,7-8,10H,1-3,5-6,9H2,(H,19,22,23)/b11-8+. The minimum atomic E-state index is -0.332. The van der Waals surface area contributed by atoms with Gasteiger partial charge in [0.2, 0.25) is 5.91 Å². The number of nitrogens with one attached hydrogen (secondary N) is 1. The van der Waals surface area contributed by atoms with Crippen LogP contribution in [0.4, 0.5) is 5.82 Å². The van der Waals surface area contributed by atoms with Gasteiger partial charge in [0.25, 0.3) is 5.91 Å². The third kappa shape index (κ3) is 2.58. The predicted molar refractivity (Wildman–Crippen MR) is 84.8 cm³/mol. The Morgan fingerprint density at radius 1 is 1.17 bits per heavy atom. The Hall–Kier alpha value is -2.70. The monoisotopic (exact) mass is 311 g/mol. The van der Waals surface area contributed by atoms with Gasteiger partial charge in [0, 0.05) is 30.4 Å². The van der Waals surface area contributed by atoms with Gasteiger partial charge in [0.1, 0.15) is 5.82 Å². The Kier molecular flexibility index (Phi) is 3.33. The SMILES string of the molecule is O=C1C/C(=C\c2cnn3ccc(N4CCCCC4)nc23)C(=O)N1. The zero-order valence-corrected chi connectivity index (χ0v) is 12.7. The molecule has 0 bridgehead atoms. The van der Waals surface area contributed by atoms with Crippen molar-refractivity contribution < 1.29 is 9.59 Å². The summed E-state index contributed by atoms with van der Waals surface area (Å²) < 4.78 is 1.69. The van der Waals surface area contributed by atoms with Crippen molar-refractivity contribution in [3.05, 3.63) is 29.6 Å². The fraction of sp³-hybridized carbons (Fsp3) is 0.375. The van der Waals surface area contributed by atoms with Crippen LogP contribution in [0, 0.1) is 0 Å². The number of aromatic nitrogens is 3. The predicted octanol–water partition coefficient (Wildman–Crippen LogP) is 1.15. The Bertz CT molecular complexity index is 817. The van der Waals surface area contributed by atoms with Crippen LogP contribution in [0.15, 0.2) is 24.0 Å². The minimum Gasteiger partial charge on any atom is -0.357 e. The zero-order chi connectivity index (χ0) is 15.8. The van der Waals surface area contributed by atoms with Crippen LogP contribution >= 0.6 is 0 Å². The maximum absolute atomic E-state index is 11.7. The van der Waals surface area contributed by atoms with Gasteiger partial charge < -0.3 is 4.90 Å². The van der Waals surface area contributed by atoms with E-state index >= 15 is 0 Å². The van der Waals surface area contributed by atoms with E-state index in [1.54, 1.807) is 16.8 Å². The first-order valence-electron chi connectivity index (χ1n) is 7.85. The summed E-state index contributed by atoms with van der Waals surface area (Å²) in [7, 11) is 0. The largest absolute Gasteiger partial charge is 0.357 e. The normalized spacial score (nSPS) is 20.5. The molecule has 0 aliphatic carbocycles. The zero-order valence-electron chi connectivity index (χ0n) is 12.7. The van der Waals surface area contributed by atoms with Crippen molar-refractivity contribution in [1.82, 2.24) is 19.9 Å². The van der Waals surface area contributed by atoms with Crippen molar-refractivity contribution in [1.29, 1.82) is 0 Å². The molecule has 0 unspecified atom stereocenters. The summed E-state index contributed by atoms with van der Waals surface area (Å²) in [6.07, 6.45) is 9.01. The fourth-order valence-corrected chi connectivity index (χ4v) is 3.09. The maximum Gasteiger partial charge on any atom is 0.254 e. The van der Waals surface area contributed by atoms with E-state index in [1.807, 2.05) is 12.3 Å². The highest BCUT2D eigenvalue weighted by molar-refractivity contribution is 6.15. The molecule has 2 aromatic heterocycles. The van der Waals surface area contributed by atoms with Gasteiger partial charge in [-0.1, -0.05) is 0 Å². The average molecular weight is 311 g/mol. The van der Waals surface area contributed by atoms with Crippen LogP contribution in [-0.2, 0) is 9.59 Å². The van der Waals surface area contributed by atoms with Crippen LogP contribution in [0.2, 0.25) is 0 Å². The number of hydrogen-bond acceptors (Lipinski definition) is 5. The van der Waals surface area contributed by atoms with Crippen LogP contribution in [0.1, 0.15) is 31.2 Å². The number of piperidine rings is 1. The van der Waals surface area contributed by atoms with E-state index < -0.39 is 0 Å². The average Bonchev–Trinajstić information content (AvgIpc) is 3.11. The molecule has 2 aliphatic heterocycles. The number of imide groups is 1. The van der Waals surface area contributed by atoms with Crippen molar-refractivity contribution in [3.63, 3.8) is 0 Å². The molecule has 23 heavy (non-hydrogen) atoms. The fourth-order valence-electron chi connectivity index (χ4n) is 3.09. The number of carbonyl (C=O) groups excluding carboxylic acids is 2. The lowest BCUT2D eigenvalue weighted by Crippen LogP contribution is -2.30. The smallest absolute Gasteiger partial charge is 0.254 e. The van der Waals surface area contributed by atoms with Gasteiger partial charge in [-0.15, -0.1) is 0 Å². The van der Waals surface area contributed by atoms with E-state index in [1.165, 1.54) is 19.3 Å². The number of hydrogen-bond donors (Lipinski definition) is 1. The molecule has 2 saturated heterocycles. The van der Waals surface area contributed by atoms with Crippen molar-refractivity contribution >= 4 is 29.4 Å². The summed E-state index contributed by atoms with van der Waals surface area (Å²) in [4.78, 5) is 30.0. The molecule has 0 atom stereocenters. The summed E-state index contributed by atoms with van der Waals surface area (Å²) in [5.74, 6) is 0.338. The number of rotatable bonds is 2. The first kappa shape index (κ1) is 13.9. The molecule has 4 heterocycles. The molecule has 2 amide bonds. The van der Waals surface area contributed by atoms with Crippen LogP contribution in [0.3, 0.4) is 0 Å². The number of nitrogens with zero attached hydrogens (tertiary/aromatic N) is 4. The van der Waals surface area contributed by atoms with E-state index in [2.05, 4.69) is 15.3 Å². The Labute approximate surface area is 133 Å². The second kappa shape index (κ2) is 5.49. The second-order valence-corrected chi connectivity index (χ2v) is 5.93. The third-order valence-corrected chi connectivity index (χ3v) is 4.29. The highest BCUT2D eigenvalue weighted by Gasteiger charge is 2.24. The molecule has 0 aromatic carbocycles. The summed E-state index contributed by atoms with van der Waals surface area (Å²) >= 11 is 0. The molecular formula is C16H17N5O2. The molecule has 7 heteroatoms. The highest BCUT2D eigenvalue weighted by atomic mass is 16.2. The van der Waals surface area contributed by atoms with Crippen molar-refractivity contribution in [2.45, 2.75) is 25.7 Å². The van der Waals surface area contributed by atoms with Gasteiger partial charge >= 0.3 is 0 Å². The van der Waals surface area contributed by atoms with Gasteiger partial charge in [0.05, 0.1) is 12.6 Å². The quantitative estimate of drug-likeness (QED) is 0.665. The van der Waals surface area contributed by atoms with E-state index in [0.717, 1.165) is 24.5 Å². The lowest BCUT2D eigenvalue weighted by molar-refractivity contribution is -0.124. The lowest BCUT2D eigenvalue weighted by Gasteiger charge is -2.27. The molecular weight excluding hydrogens is 294 g/mol. The van der Waals surface area contributed by atoms with E-state index in [0.29, 0.717) is 11.2 Å². The van der Waals surface area contributed by atoms with Crippen molar-refractivity contribution in [2.24, 2.45) is 0 Å². The highest BCUT2D eigenvalue weighted by Crippen LogP contribution is 2.21. The van der Waals surface area contributed by atoms with Crippen molar-refractivity contribution in [3.8, 4) is 0 Å². The van der Waals surface area contributed by atoms with E-state index in [-0.39, 0.29) is 18.2 Å². The number of anilines is 1. The van der Waals surface area contributed by atoms with Crippen LogP contribution in [0.25, 0.3) is 11.7 Å². The van der Waals surface area contributed by atoms with Gasteiger partial charge in [-0.3, -0.25) is 14.9 Å². The Balaban J connectivity index is 1.71. The molecule has 118 valence electrons. The van der Waals surface area contributed by atoms with E-state index in [4.69, 9.17) is 4.98 Å². The molecule has 0 saturated carbocycles. The molecule has 2 fully saturated rings. The Morgan fingerprint density at radius 3 is 2.74 bits per heavy atom. The minimum absolute atomic E-state index is 0.113. The molecule has 7 nitrogen and oxygen atoms in total. The molecule has 4 rings (SSSR count). The third-order valence-electron chi connectivity index (χ3n) is 4.29. The van der Waals surface area contributed by atoms with Crippen LogP contribution < -0.4 is 10.2 Å². The van der Waals surface area contributed by atoms with Gasteiger partial charge in [-0.05, 0) is 31.4 Å². The molecule has 1 N–H and O–H groups in total. The molecule has 0 radical (unpaired) electrons. The summed E-state index contributed by atoms with van der Waals surface area (Å²) in [6.45, 7) is 2.04. The molecule has 2 aliphatic rings. The Morgan fingerprint density at radius 2 is 2.00 bits per heavy atom. The maximum atomic E-state index is 11.7. The lowest BCUT2D eigenvalue weighted by atomic mass is 10.1. The number of fused-ring (bicyclic) bond motifs is 1. The number of amides is 2. The van der Waals surface area contributed by atoms with Crippen molar-refractivity contribution in [2.75, 3.05) is 18.0 Å². The van der Waals surface area contributed by atoms with Gasteiger partial charge in [-0.25, -0.2) is 9.50 Å². The summed E-state index contributed by atoms with van der Waals surface area (Å²) in [6, 6.07) is 1.97. The topological polar surface area (TPSA) is 79.6 Å². The summed E-state index contributed by atoms with van der Waals surface area (Å²) in [5, 5.41) is 6.55. The number of carbonyl (C=O) groups is 2.